The lowest BCUT2D eigenvalue weighted by Gasteiger charge is -2.30. The highest BCUT2D eigenvalue weighted by molar-refractivity contribution is 5.91. The van der Waals surface area contributed by atoms with Crippen molar-refractivity contribution in [2.75, 3.05) is 0 Å². The summed E-state index contributed by atoms with van der Waals surface area (Å²) in [6.07, 6.45) is 2.99. The summed E-state index contributed by atoms with van der Waals surface area (Å²) in [6.45, 7) is 1.79. The van der Waals surface area contributed by atoms with Crippen LogP contribution in [0, 0.1) is 10.1 Å². The molecule has 1 heterocycles. The maximum atomic E-state index is 11.4. The molecule has 0 radical (unpaired) electrons. The largest absolute Gasteiger partial charge is 0.490 e. The number of non-ortho nitro benzene ring substituents is 1. The van der Waals surface area contributed by atoms with Gasteiger partial charge in [0.15, 0.2) is 5.78 Å². The van der Waals surface area contributed by atoms with Crippen LogP contribution in [-0.2, 0) is 15.1 Å². The number of nitro benzene ring substituents is 1. The Balaban J connectivity index is 2.31. The number of nitro groups is 1. The summed E-state index contributed by atoms with van der Waals surface area (Å²) >= 11 is 0. The van der Waals surface area contributed by atoms with E-state index in [1.165, 1.54) is 24.5 Å². The zero-order valence-corrected chi connectivity index (χ0v) is 9.25. The average molecular weight is 233 g/mol. The van der Waals surface area contributed by atoms with Gasteiger partial charge in [-0.15, -0.1) is 0 Å². The van der Waals surface area contributed by atoms with Crippen molar-refractivity contribution in [2.45, 2.75) is 18.9 Å². The molecule has 0 aliphatic carbocycles. The van der Waals surface area contributed by atoms with E-state index in [4.69, 9.17) is 4.74 Å². The van der Waals surface area contributed by atoms with Gasteiger partial charge in [-0.3, -0.25) is 14.9 Å². The molecule has 0 aromatic heterocycles. The molecular weight excluding hydrogens is 222 g/mol. The Bertz CT molecular complexity index is 492. The minimum absolute atomic E-state index is 0.0166. The van der Waals surface area contributed by atoms with Gasteiger partial charge in [0.1, 0.15) is 5.60 Å². The predicted octanol–water partition coefficient (Wildman–Crippen LogP) is 2.31. The topological polar surface area (TPSA) is 69.4 Å². The van der Waals surface area contributed by atoms with Crippen molar-refractivity contribution in [3.8, 4) is 0 Å². The second kappa shape index (κ2) is 4.01. The fourth-order valence-corrected chi connectivity index (χ4v) is 1.80. The number of ketones is 1. The molecule has 0 bridgehead atoms. The summed E-state index contributed by atoms with van der Waals surface area (Å²) in [5, 5.41) is 10.5. The highest BCUT2D eigenvalue weighted by Gasteiger charge is 2.32. The van der Waals surface area contributed by atoms with Crippen molar-refractivity contribution in [3.63, 3.8) is 0 Å². The second-order valence-electron chi connectivity index (χ2n) is 4.10. The monoisotopic (exact) mass is 233 g/mol. The molecule has 0 amide bonds. The Morgan fingerprint density at radius 2 is 2.00 bits per heavy atom. The van der Waals surface area contributed by atoms with E-state index in [2.05, 4.69) is 0 Å². The molecule has 2 rings (SSSR count). The average Bonchev–Trinajstić information content (AvgIpc) is 2.29. The van der Waals surface area contributed by atoms with Gasteiger partial charge < -0.3 is 4.74 Å². The van der Waals surface area contributed by atoms with E-state index in [9.17, 15) is 14.9 Å². The van der Waals surface area contributed by atoms with Crippen molar-refractivity contribution in [1.82, 2.24) is 0 Å². The normalized spacial score (nSPS) is 23.2. The fraction of sp³-hybridized carbons (Fsp3) is 0.250. The van der Waals surface area contributed by atoms with E-state index in [1.807, 2.05) is 0 Å². The fourth-order valence-electron chi connectivity index (χ4n) is 1.80. The molecule has 5 nitrogen and oxygen atoms in total. The summed E-state index contributed by atoms with van der Waals surface area (Å²) in [6, 6.07) is 6.05. The lowest BCUT2D eigenvalue weighted by molar-refractivity contribution is -0.384. The van der Waals surface area contributed by atoms with E-state index >= 15 is 0 Å². The summed E-state index contributed by atoms with van der Waals surface area (Å²) in [4.78, 5) is 21.4. The maximum Gasteiger partial charge on any atom is 0.269 e. The van der Waals surface area contributed by atoms with Gasteiger partial charge in [0.25, 0.3) is 5.69 Å². The Labute approximate surface area is 97.9 Å². The number of carbonyl (C=O) groups is 1. The van der Waals surface area contributed by atoms with E-state index in [-0.39, 0.29) is 17.9 Å². The van der Waals surface area contributed by atoms with E-state index in [0.29, 0.717) is 0 Å². The molecule has 0 spiro atoms. The summed E-state index contributed by atoms with van der Waals surface area (Å²) in [5.74, 6) is -0.0166. The molecule has 1 atom stereocenters. The third-order valence-corrected chi connectivity index (χ3v) is 2.78. The number of hydrogen-bond acceptors (Lipinski definition) is 4. The minimum Gasteiger partial charge on any atom is -0.490 e. The van der Waals surface area contributed by atoms with Crippen LogP contribution in [0.2, 0.25) is 0 Å². The number of allylic oxidation sites excluding steroid dienone is 1. The van der Waals surface area contributed by atoms with Crippen molar-refractivity contribution >= 4 is 11.5 Å². The number of ether oxygens (including phenoxy) is 1. The highest BCUT2D eigenvalue weighted by atomic mass is 16.6. The third kappa shape index (κ3) is 2.18. The minimum atomic E-state index is -0.735. The molecule has 1 aromatic rings. The summed E-state index contributed by atoms with van der Waals surface area (Å²) in [5.41, 5.74) is 0.0388. The van der Waals surface area contributed by atoms with Crippen molar-refractivity contribution in [1.29, 1.82) is 0 Å². The Hall–Kier alpha value is -2.17. The van der Waals surface area contributed by atoms with Gasteiger partial charge in [-0.25, -0.2) is 0 Å². The number of carbonyl (C=O) groups excluding carboxylic acids is 1. The number of rotatable bonds is 2. The first kappa shape index (κ1) is 11.3. The van der Waals surface area contributed by atoms with Crippen LogP contribution in [0.5, 0.6) is 0 Å². The molecule has 0 saturated carbocycles. The molecule has 1 unspecified atom stereocenters. The molecule has 0 N–H and O–H groups in total. The second-order valence-corrected chi connectivity index (χ2v) is 4.10. The highest BCUT2D eigenvalue weighted by Crippen LogP contribution is 2.33. The molecular formula is C12H11NO4. The Kier molecular flexibility index (Phi) is 2.67. The van der Waals surface area contributed by atoms with Crippen LogP contribution in [0.4, 0.5) is 5.69 Å². The zero-order valence-electron chi connectivity index (χ0n) is 9.25. The van der Waals surface area contributed by atoms with Gasteiger partial charge in [0.05, 0.1) is 17.6 Å². The third-order valence-electron chi connectivity index (χ3n) is 2.78. The van der Waals surface area contributed by atoms with Gasteiger partial charge in [-0.05, 0) is 24.6 Å². The van der Waals surface area contributed by atoms with E-state index in [0.717, 1.165) is 5.56 Å². The molecule has 1 aromatic carbocycles. The molecule has 1 aliphatic heterocycles. The van der Waals surface area contributed by atoms with Crippen molar-refractivity contribution < 1.29 is 14.5 Å². The first-order valence-electron chi connectivity index (χ1n) is 5.13. The molecule has 88 valence electrons. The van der Waals surface area contributed by atoms with Crippen LogP contribution in [-0.4, -0.2) is 10.7 Å². The van der Waals surface area contributed by atoms with Crippen LogP contribution in [0.3, 0.4) is 0 Å². The van der Waals surface area contributed by atoms with E-state index in [1.54, 1.807) is 19.1 Å². The van der Waals surface area contributed by atoms with Gasteiger partial charge in [0, 0.05) is 18.2 Å². The Morgan fingerprint density at radius 1 is 1.35 bits per heavy atom. The standard InChI is InChI=1S/C12H11NO4/c1-12(8-11(14)6-7-17-12)9-2-4-10(5-3-9)13(15)16/h2-7H,8H2,1H3. The van der Waals surface area contributed by atoms with Crippen LogP contribution >= 0.6 is 0 Å². The van der Waals surface area contributed by atoms with Crippen LogP contribution in [0.25, 0.3) is 0 Å². The first-order chi connectivity index (χ1) is 8.01. The smallest absolute Gasteiger partial charge is 0.269 e. The predicted molar refractivity (Wildman–Crippen MR) is 60.3 cm³/mol. The number of nitrogens with zero attached hydrogens (tertiary/aromatic N) is 1. The van der Waals surface area contributed by atoms with Crippen molar-refractivity contribution in [3.05, 3.63) is 52.3 Å². The molecule has 0 fully saturated rings. The molecule has 5 heteroatoms. The maximum absolute atomic E-state index is 11.4. The summed E-state index contributed by atoms with van der Waals surface area (Å²) in [7, 11) is 0. The van der Waals surface area contributed by atoms with Gasteiger partial charge >= 0.3 is 0 Å². The molecule has 1 aliphatic rings. The molecule has 17 heavy (non-hydrogen) atoms. The quantitative estimate of drug-likeness (QED) is 0.580. The van der Waals surface area contributed by atoms with Crippen LogP contribution in [0.15, 0.2) is 36.6 Å². The lowest BCUT2D eigenvalue weighted by atomic mass is 9.89. The van der Waals surface area contributed by atoms with Gasteiger partial charge in [0.2, 0.25) is 0 Å². The van der Waals surface area contributed by atoms with Gasteiger partial charge in [-0.1, -0.05) is 0 Å². The first-order valence-corrected chi connectivity index (χ1v) is 5.13. The summed E-state index contributed by atoms with van der Waals surface area (Å²) < 4.78 is 5.45. The van der Waals surface area contributed by atoms with E-state index < -0.39 is 10.5 Å². The SMILES string of the molecule is CC1(c2ccc([N+](=O)[O-])cc2)CC(=O)C=CO1. The zero-order chi connectivity index (χ0) is 12.5. The molecule has 0 saturated heterocycles. The number of benzene rings is 1. The van der Waals surface area contributed by atoms with Crippen LogP contribution < -0.4 is 0 Å². The van der Waals surface area contributed by atoms with Gasteiger partial charge in [-0.2, -0.15) is 0 Å². The number of hydrogen-bond donors (Lipinski definition) is 0. The lowest BCUT2D eigenvalue weighted by Crippen LogP contribution is -2.29. The van der Waals surface area contributed by atoms with Crippen LogP contribution in [0.1, 0.15) is 18.9 Å². The van der Waals surface area contributed by atoms with Crippen molar-refractivity contribution in [2.24, 2.45) is 0 Å². The Morgan fingerprint density at radius 3 is 2.53 bits per heavy atom.